The van der Waals surface area contributed by atoms with Crippen LogP contribution in [0.15, 0.2) is 11.4 Å². The van der Waals surface area contributed by atoms with Crippen LogP contribution in [-0.2, 0) is 16.0 Å². The second-order valence-corrected chi connectivity index (χ2v) is 5.46. The minimum absolute atomic E-state index is 0.445. The highest BCUT2D eigenvalue weighted by Crippen LogP contribution is 2.17. The summed E-state index contributed by atoms with van der Waals surface area (Å²) in [4.78, 5) is 23.7. The maximum Gasteiger partial charge on any atom is 0.318 e. The number of hydrogen-bond donors (Lipinski definition) is 2. The van der Waals surface area contributed by atoms with Crippen LogP contribution in [-0.4, -0.2) is 23.5 Å². The predicted molar refractivity (Wildman–Crippen MR) is 67.2 cm³/mol. The average Bonchev–Trinajstić information content (AvgIpc) is 2.64. The van der Waals surface area contributed by atoms with Crippen LogP contribution < -0.4 is 5.32 Å². The molecule has 4 nitrogen and oxygen atoms in total. The second-order valence-electron chi connectivity index (χ2n) is 4.46. The van der Waals surface area contributed by atoms with Crippen molar-refractivity contribution in [1.29, 1.82) is 0 Å². The predicted octanol–water partition coefficient (Wildman–Crippen LogP) is 1.83. The SMILES string of the molecule is Cc1ccsc1CCNC(=O)C(C)(C)C(=O)O. The molecule has 0 saturated heterocycles. The highest BCUT2D eigenvalue weighted by Gasteiger charge is 2.35. The summed E-state index contributed by atoms with van der Waals surface area (Å²) in [7, 11) is 0. The summed E-state index contributed by atoms with van der Waals surface area (Å²) < 4.78 is 0. The summed E-state index contributed by atoms with van der Waals surface area (Å²) in [6.07, 6.45) is 0.741. The average molecular weight is 255 g/mol. The first kappa shape index (κ1) is 13.7. The Hall–Kier alpha value is -1.36. The number of hydrogen-bond acceptors (Lipinski definition) is 3. The molecular formula is C12H17NO3S. The van der Waals surface area contributed by atoms with E-state index in [-0.39, 0.29) is 0 Å². The molecule has 2 N–H and O–H groups in total. The minimum atomic E-state index is -1.37. The number of rotatable bonds is 5. The number of carbonyl (C=O) groups excluding carboxylic acids is 1. The van der Waals surface area contributed by atoms with Gasteiger partial charge in [-0.05, 0) is 44.2 Å². The van der Waals surface area contributed by atoms with Crippen LogP contribution in [0.5, 0.6) is 0 Å². The van der Waals surface area contributed by atoms with Crippen molar-refractivity contribution in [2.24, 2.45) is 5.41 Å². The second kappa shape index (κ2) is 5.31. The molecule has 0 atom stereocenters. The first-order valence-corrected chi connectivity index (χ1v) is 6.28. The summed E-state index contributed by atoms with van der Waals surface area (Å²) >= 11 is 1.65. The maximum atomic E-state index is 11.6. The van der Waals surface area contributed by atoms with Gasteiger partial charge in [-0.25, -0.2) is 0 Å². The zero-order valence-corrected chi connectivity index (χ0v) is 11.1. The van der Waals surface area contributed by atoms with Crippen molar-refractivity contribution >= 4 is 23.2 Å². The molecule has 1 rings (SSSR count). The Bertz CT molecular complexity index is 423. The molecule has 1 aromatic rings. The van der Waals surface area contributed by atoms with Crippen LogP contribution in [0.2, 0.25) is 0 Å². The van der Waals surface area contributed by atoms with E-state index in [2.05, 4.69) is 5.32 Å². The van der Waals surface area contributed by atoms with Crippen molar-refractivity contribution in [1.82, 2.24) is 5.32 Å². The van der Waals surface area contributed by atoms with Gasteiger partial charge in [-0.3, -0.25) is 9.59 Å². The van der Waals surface area contributed by atoms with E-state index in [0.29, 0.717) is 6.54 Å². The topological polar surface area (TPSA) is 66.4 Å². The molecular weight excluding hydrogens is 238 g/mol. The van der Waals surface area contributed by atoms with Crippen molar-refractivity contribution < 1.29 is 14.7 Å². The number of thiophene rings is 1. The van der Waals surface area contributed by atoms with Gasteiger partial charge in [-0.1, -0.05) is 0 Å². The lowest BCUT2D eigenvalue weighted by atomic mass is 9.93. The van der Waals surface area contributed by atoms with Crippen LogP contribution in [0.3, 0.4) is 0 Å². The van der Waals surface area contributed by atoms with Gasteiger partial charge >= 0.3 is 5.97 Å². The van der Waals surface area contributed by atoms with E-state index in [1.165, 1.54) is 24.3 Å². The lowest BCUT2D eigenvalue weighted by molar-refractivity contribution is -0.153. The Kier molecular flexibility index (Phi) is 4.28. The van der Waals surface area contributed by atoms with Gasteiger partial charge in [0.25, 0.3) is 0 Å². The molecule has 0 fully saturated rings. The fourth-order valence-corrected chi connectivity index (χ4v) is 2.18. The van der Waals surface area contributed by atoms with Crippen molar-refractivity contribution in [3.05, 3.63) is 21.9 Å². The third kappa shape index (κ3) is 3.30. The van der Waals surface area contributed by atoms with Crippen LogP contribution in [0, 0.1) is 12.3 Å². The Balaban J connectivity index is 2.45. The van der Waals surface area contributed by atoms with Gasteiger partial charge in [0, 0.05) is 11.4 Å². The number of carbonyl (C=O) groups is 2. The molecule has 1 aromatic heterocycles. The molecule has 0 saturated carbocycles. The maximum absolute atomic E-state index is 11.6. The Morgan fingerprint density at radius 1 is 1.47 bits per heavy atom. The van der Waals surface area contributed by atoms with Gasteiger partial charge in [0.05, 0.1) is 0 Å². The summed E-state index contributed by atoms with van der Waals surface area (Å²) in [5, 5.41) is 13.5. The Morgan fingerprint density at radius 2 is 2.12 bits per heavy atom. The van der Waals surface area contributed by atoms with Crippen LogP contribution in [0.1, 0.15) is 24.3 Å². The number of carboxylic acids is 1. The third-order valence-electron chi connectivity index (χ3n) is 2.71. The number of carboxylic acid groups (broad SMARTS) is 1. The zero-order chi connectivity index (χ0) is 13.1. The van der Waals surface area contributed by atoms with E-state index in [1.54, 1.807) is 11.3 Å². The normalized spacial score (nSPS) is 11.2. The molecule has 0 aromatic carbocycles. The molecule has 1 heterocycles. The van der Waals surface area contributed by atoms with Crippen LogP contribution in [0.25, 0.3) is 0 Å². The zero-order valence-electron chi connectivity index (χ0n) is 10.2. The first-order valence-electron chi connectivity index (χ1n) is 5.40. The Labute approximate surface area is 105 Å². The van der Waals surface area contributed by atoms with Crippen molar-refractivity contribution in [2.45, 2.75) is 27.2 Å². The largest absolute Gasteiger partial charge is 0.480 e. The van der Waals surface area contributed by atoms with Crippen molar-refractivity contribution in [2.75, 3.05) is 6.54 Å². The first-order chi connectivity index (χ1) is 7.85. The number of aliphatic carboxylic acids is 1. The molecule has 17 heavy (non-hydrogen) atoms. The quantitative estimate of drug-likeness (QED) is 0.789. The molecule has 0 unspecified atom stereocenters. The van der Waals surface area contributed by atoms with Crippen molar-refractivity contribution in [3.63, 3.8) is 0 Å². The summed E-state index contributed by atoms with van der Waals surface area (Å²) in [6, 6.07) is 2.03. The van der Waals surface area contributed by atoms with E-state index in [1.807, 2.05) is 18.4 Å². The molecule has 0 aliphatic carbocycles. The lowest BCUT2D eigenvalue weighted by Crippen LogP contribution is -2.42. The molecule has 0 aliphatic heterocycles. The smallest absolute Gasteiger partial charge is 0.318 e. The fourth-order valence-electron chi connectivity index (χ4n) is 1.27. The highest BCUT2D eigenvalue weighted by molar-refractivity contribution is 7.10. The van der Waals surface area contributed by atoms with E-state index in [0.717, 1.165) is 6.42 Å². The third-order valence-corrected chi connectivity index (χ3v) is 3.79. The molecule has 0 spiro atoms. The van der Waals surface area contributed by atoms with Gasteiger partial charge in [0.15, 0.2) is 0 Å². The van der Waals surface area contributed by atoms with Gasteiger partial charge in [-0.15, -0.1) is 11.3 Å². The summed E-state index contributed by atoms with van der Waals surface area (Å²) in [5.41, 5.74) is -0.161. The Morgan fingerprint density at radius 3 is 2.59 bits per heavy atom. The molecule has 5 heteroatoms. The van der Waals surface area contributed by atoms with Gasteiger partial charge < -0.3 is 10.4 Å². The van der Waals surface area contributed by atoms with Crippen LogP contribution in [0.4, 0.5) is 0 Å². The highest BCUT2D eigenvalue weighted by atomic mass is 32.1. The monoisotopic (exact) mass is 255 g/mol. The van der Waals surface area contributed by atoms with Crippen LogP contribution >= 0.6 is 11.3 Å². The number of aryl methyl sites for hydroxylation is 1. The molecule has 0 aliphatic rings. The fraction of sp³-hybridized carbons (Fsp3) is 0.500. The number of amides is 1. The van der Waals surface area contributed by atoms with Crippen molar-refractivity contribution in [3.8, 4) is 0 Å². The standard InChI is InChI=1S/C12H17NO3S/c1-8-5-7-17-9(8)4-6-13-10(14)12(2,3)11(15)16/h5,7H,4,6H2,1-3H3,(H,13,14)(H,15,16). The van der Waals surface area contributed by atoms with E-state index in [4.69, 9.17) is 5.11 Å². The van der Waals surface area contributed by atoms with Gasteiger partial charge in [0.1, 0.15) is 5.41 Å². The molecule has 1 amide bonds. The lowest BCUT2D eigenvalue weighted by Gasteiger charge is -2.18. The molecule has 94 valence electrons. The van der Waals surface area contributed by atoms with E-state index in [9.17, 15) is 9.59 Å². The summed E-state index contributed by atoms with van der Waals surface area (Å²) in [5.74, 6) is -1.55. The van der Waals surface area contributed by atoms with Gasteiger partial charge in [0.2, 0.25) is 5.91 Å². The molecule has 0 radical (unpaired) electrons. The molecule has 0 bridgehead atoms. The van der Waals surface area contributed by atoms with Gasteiger partial charge in [-0.2, -0.15) is 0 Å². The summed E-state index contributed by atoms with van der Waals surface area (Å²) in [6.45, 7) is 5.30. The van der Waals surface area contributed by atoms with E-state index >= 15 is 0 Å². The van der Waals surface area contributed by atoms with E-state index < -0.39 is 17.3 Å². The minimum Gasteiger partial charge on any atom is -0.480 e. The number of nitrogens with one attached hydrogen (secondary N) is 1.